The highest BCUT2D eigenvalue weighted by atomic mass is 16.5. The van der Waals surface area contributed by atoms with E-state index >= 15 is 0 Å². The molecule has 0 spiro atoms. The highest BCUT2D eigenvalue weighted by Gasteiger charge is 2.30. The van der Waals surface area contributed by atoms with Crippen LogP contribution in [0.1, 0.15) is 29.3 Å². The Bertz CT molecular complexity index is 678. The number of pyridine rings is 1. The van der Waals surface area contributed by atoms with E-state index in [-0.39, 0.29) is 11.7 Å². The van der Waals surface area contributed by atoms with E-state index in [1.54, 1.807) is 23.1 Å². The molecule has 6 nitrogen and oxygen atoms in total. The minimum atomic E-state index is -1.02. The summed E-state index contributed by atoms with van der Waals surface area (Å²) in [6.07, 6.45) is 4.16. The van der Waals surface area contributed by atoms with Crippen molar-refractivity contribution in [2.75, 3.05) is 0 Å². The Morgan fingerprint density at radius 3 is 3.05 bits per heavy atom. The molecule has 1 aliphatic rings. The van der Waals surface area contributed by atoms with Gasteiger partial charge in [-0.05, 0) is 25.5 Å². The van der Waals surface area contributed by atoms with E-state index in [4.69, 9.17) is 4.74 Å². The fourth-order valence-electron chi connectivity index (χ4n) is 2.39. The van der Waals surface area contributed by atoms with Gasteiger partial charge >= 0.3 is 5.97 Å². The van der Waals surface area contributed by atoms with Crippen molar-refractivity contribution in [2.24, 2.45) is 0 Å². The number of carboxylic acids is 1. The number of carbonyl (C=O) groups is 1. The lowest BCUT2D eigenvalue weighted by Crippen LogP contribution is -2.24. The lowest BCUT2D eigenvalue weighted by atomic mass is 10.0. The number of aromatic carboxylic acids is 1. The second-order valence-corrected chi connectivity index (χ2v) is 4.96. The van der Waals surface area contributed by atoms with Gasteiger partial charge in [0.15, 0.2) is 0 Å². The molecule has 0 aliphatic carbocycles. The van der Waals surface area contributed by atoms with Crippen LogP contribution in [0.25, 0.3) is 11.3 Å². The third-order valence-corrected chi connectivity index (χ3v) is 3.46. The van der Waals surface area contributed by atoms with Gasteiger partial charge in [-0.25, -0.2) is 9.48 Å². The minimum absolute atomic E-state index is 0.00341. The van der Waals surface area contributed by atoms with E-state index in [0.29, 0.717) is 18.1 Å². The summed E-state index contributed by atoms with van der Waals surface area (Å²) in [6.45, 7) is 4.48. The molecule has 3 rings (SSSR count). The maximum absolute atomic E-state index is 11.6. The molecule has 0 saturated heterocycles. The number of fused-ring (bicyclic) bond motifs is 1. The van der Waals surface area contributed by atoms with E-state index in [1.807, 2.05) is 13.8 Å². The first kappa shape index (κ1) is 12.7. The van der Waals surface area contributed by atoms with Crippen molar-refractivity contribution >= 4 is 5.97 Å². The first-order valence-corrected chi connectivity index (χ1v) is 6.49. The van der Waals surface area contributed by atoms with Gasteiger partial charge in [-0.3, -0.25) is 4.98 Å². The Labute approximate surface area is 116 Å². The number of aryl methyl sites for hydroxylation is 2. The maximum atomic E-state index is 11.6. The fraction of sp³-hybridized carbons (Fsp3) is 0.357. The van der Waals surface area contributed by atoms with E-state index in [2.05, 4.69) is 10.1 Å². The second-order valence-electron chi connectivity index (χ2n) is 4.96. The third kappa shape index (κ3) is 1.93. The van der Waals surface area contributed by atoms with Crippen LogP contribution in [0.15, 0.2) is 18.5 Å². The van der Waals surface area contributed by atoms with Crippen LogP contribution in [-0.2, 0) is 6.54 Å². The Hall–Kier alpha value is -2.37. The van der Waals surface area contributed by atoms with Gasteiger partial charge in [0.1, 0.15) is 11.3 Å². The van der Waals surface area contributed by atoms with Gasteiger partial charge in [0, 0.05) is 30.9 Å². The average Bonchev–Trinajstić information content (AvgIpc) is 2.77. The smallest absolute Gasteiger partial charge is 0.343 e. The van der Waals surface area contributed by atoms with Crippen molar-refractivity contribution < 1.29 is 14.6 Å². The average molecular weight is 273 g/mol. The number of aromatic nitrogens is 3. The summed E-state index contributed by atoms with van der Waals surface area (Å²) in [4.78, 5) is 15.6. The zero-order valence-electron chi connectivity index (χ0n) is 11.3. The van der Waals surface area contributed by atoms with Crippen molar-refractivity contribution in [3.8, 4) is 17.1 Å². The second kappa shape index (κ2) is 4.63. The molecule has 104 valence electrons. The van der Waals surface area contributed by atoms with Crippen LogP contribution in [0.5, 0.6) is 5.88 Å². The van der Waals surface area contributed by atoms with Gasteiger partial charge in [0.05, 0.1) is 6.10 Å². The fourth-order valence-corrected chi connectivity index (χ4v) is 2.39. The molecule has 0 unspecified atom stereocenters. The maximum Gasteiger partial charge on any atom is 0.343 e. The normalized spacial score (nSPS) is 17.4. The SMILES string of the molecule is Cc1cnccc1-c1nn2c(c1C(=O)O)O[C@H](C)CC2. The van der Waals surface area contributed by atoms with Crippen LogP contribution in [-0.4, -0.2) is 31.9 Å². The first-order valence-electron chi connectivity index (χ1n) is 6.49. The third-order valence-electron chi connectivity index (χ3n) is 3.46. The number of hydrogen-bond donors (Lipinski definition) is 1. The zero-order chi connectivity index (χ0) is 14.3. The van der Waals surface area contributed by atoms with Gasteiger partial charge in [-0.2, -0.15) is 5.10 Å². The summed E-state index contributed by atoms with van der Waals surface area (Å²) in [5.74, 6) is -0.672. The van der Waals surface area contributed by atoms with Crippen molar-refractivity contribution in [1.82, 2.24) is 14.8 Å². The van der Waals surface area contributed by atoms with Gasteiger partial charge in [0.2, 0.25) is 5.88 Å². The molecule has 0 saturated carbocycles. The largest absolute Gasteiger partial charge is 0.477 e. The van der Waals surface area contributed by atoms with Crippen LogP contribution >= 0.6 is 0 Å². The van der Waals surface area contributed by atoms with Crippen LogP contribution in [0.3, 0.4) is 0 Å². The Morgan fingerprint density at radius 1 is 1.55 bits per heavy atom. The predicted molar refractivity (Wildman–Crippen MR) is 71.9 cm³/mol. The van der Waals surface area contributed by atoms with E-state index in [0.717, 1.165) is 17.5 Å². The molecule has 0 amide bonds. The highest BCUT2D eigenvalue weighted by Crippen LogP contribution is 2.34. The van der Waals surface area contributed by atoms with Crippen LogP contribution < -0.4 is 4.74 Å². The quantitative estimate of drug-likeness (QED) is 0.906. The molecule has 6 heteroatoms. The molecule has 1 aliphatic heterocycles. The molecular weight excluding hydrogens is 258 g/mol. The van der Waals surface area contributed by atoms with Crippen molar-refractivity contribution in [2.45, 2.75) is 32.9 Å². The molecule has 2 aromatic rings. The summed E-state index contributed by atoms with van der Waals surface area (Å²) >= 11 is 0. The zero-order valence-corrected chi connectivity index (χ0v) is 11.3. The van der Waals surface area contributed by atoms with Gasteiger partial charge in [-0.15, -0.1) is 0 Å². The summed E-state index contributed by atoms with van der Waals surface area (Å²) < 4.78 is 7.31. The Morgan fingerprint density at radius 2 is 2.35 bits per heavy atom. The Balaban J connectivity index is 2.22. The summed E-state index contributed by atoms with van der Waals surface area (Å²) in [5, 5.41) is 13.9. The first-order chi connectivity index (χ1) is 9.58. The van der Waals surface area contributed by atoms with E-state index in [1.165, 1.54) is 0 Å². The lowest BCUT2D eigenvalue weighted by Gasteiger charge is -2.21. The van der Waals surface area contributed by atoms with Crippen molar-refractivity contribution in [3.63, 3.8) is 0 Å². The summed E-state index contributed by atoms with van der Waals surface area (Å²) in [7, 11) is 0. The predicted octanol–water partition coefficient (Wildman–Crippen LogP) is 2.12. The Kier molecular flexibility index (Phi) is 2.93. The molecule has 3 heterocycles. The van der Waals surface area contributed by atoms with Crippen LogP contribution in [0.2, 0.25) is 0 Å². The molecule has 0 radical (unpaired) electrons. The van der Waals surface area contributed by atoms with E-state index in [9.17, 15) is 9.90 Å². The number of carboxylic acid groups (broad SMARTS) is 1. The van der Waals surface area contributed by atoms with Gasteiger partial charge < -0.3 is 9.84 Å². The molecular formula is C14H15N3O3. The van der Waals surface area contributed by atoms with E-state index < -0.39 is 5.97 Å². The van der Waals surface area contributed by atoms with Gasteiger partial charge in [-0.1, -0.05) is 0 Å². The highest BCUT2D eigenvalue weighted by molar-refractivity contribution is 5.97. The molecule has 2 aromatic heterocycles. The molecule has 20 heavy (non-hydrogen) atoms. The number of nitrogens with zero attached hydrogens (tertiary/aromatic N) is 3. The number of ether oxygens (including phenoxy) is 1. The number of rotatable bonds is 2. The molecule has 1 N–H and O–H groups in total. The monoisotopic (exact) mass is 273 g/mol. The summed E-state index contributed by atoms with van der Waals surface area (Å²) in [5.41, 5.74) is 2.24. The molecule has 1 atom stereocenters. The standard InChI is InChI=1S/C14H15N3O3/c1-8-7-15-5-3-10(8)12-11(14(18)19)13-17(16-12)6-4-9(2)20-13/h3,5,7,9H,4,6H2,1-2H3,(H,18,19)/t9-/m1/s1. The topological polar surface area (TPSA) is 77.2 Å². The van der Waals surface area contributed by atoms with Gasteiger partial charge in [0.25, 0.3) is 0 Å². The molecule has 0 aromatic carbocycles. The van der Waals surface area contributed by atoms with Crippen molar-refractivity contribution in [3.05, 3.63) is 29.6 Å². The molecule has 0 fully saturated rings. The van der Waals surface area contributed by atoms with Crippen LogP contribution in [0.4, 0.5) is 0 Å². The van der Waals surface area contributed by atoms with Crippen LogP contribution in [0, 0.1) is 6.92 Å². The molecule has 0 bridgehead atoms. The minimum Gasteiger partial charge on any atom is -0.477 e. The van der Waals surface area contributed by atoms with Crippen molar-refractivity contribution in [1.29, 1.82) is 0 Å². The number of hydrogen-bond acceptors (Lipinski definition) is 4. The summed E-state index contributed by atoms with van der Waals surface area (Å²) in [6, 6.07) is 1.78. The lowest BCUT2D eigenvalue weighted by molar-refractivity contribution is 0.0684.